The van der Waals surface area contributed by atoms with E-state index in [4.69, 9.17) is 0 Å². The molecule has 1 nitrogen and oxygen atoms in total. The third kappa shape index (κ3) is 2.91. The van der Waals surface area contributed by atoms with Crippen LogP contribution in [0.15, 0.2) is 83.8 Å². The van der Waals surface area contributed by atoms with Crippen LogP contribution in [0.5, 0.6) is 0 Å². The van der Waals surface area contributed by atoms with Gasteiger partial charge in [0.1, 0.15) is 0 Å². The maximum atomic E-state index is 11.2. The Kier molecular flexibility index (Phi) is 4.04. The average molecular weight is 376 g/mol. The van der Waals surface area contributed by atoms with E-state index in [9.17, 15) is 4.79 Å². The molecule has 5 aromatic carbocycles. The van der Waals surface area contributed by atoms with Gasteiger partial charge >= 0.3 is 0 Å². The molecule has 0 saturated heterocycles. The second-order valence-corrected chi connectivity index (χ2v) is 8.09. The third-order valence-corrected chi connectivity index (χ3v) is 5.78. The predicted molar refractivity (Wildman–Crippen MR) is 119 cm³/mol. The standard InChI is InChI=1S/C26H16OS/c1-17(27)28-23-14-6-18(7-15-23)5-8-19-9-10-22-12-11-20-3-2-4-21-13-16-24(19)26(22)25(20)21/h2-4,6-7,9-16H,1H3. The summed E-state index contributed by atoms with van der Waals surface area (Å²) in [7, 11) is 0. The Morgan fingerprint density at radius 3 is 2.07 bits per heavy atom. The average Bonchev–Trinajstić information content (AvgIpc) is 2.71. The number of carbonyl (C=O) groups is 1. The molecule has 0 N–H and O–H groups in total. The molecule has 0 aliphatic heterocycles. The molecule has 28 heavy (non-hydrogen) atoms. The van der Waals surface area contributed by atoms with Gasteiger partial charge < -0.3 is 0 Å². The Hall–Kier alpha value is -3.28. The van der Waals surface area contributed by atoms with Crippen molar-refractivity contribution in [3.05, 3.63) is 90.0 Å². The van der Waals surface area contributed by atoms with Crippen molar-refractivity contribution < 1.29 is 4.79 Å². The minimum Gasteiger partial charge on any atom is -0.287 e. The van der Waals surface area contributed by atoms with E-state index in [2.05, 4.69) is 66.4 Å². The van der Waals surface area contributed by atoms with Crippen LogP contribution in [0.2, 0.25) is 0 Å². The first-order valence-corrected chi connectivity index (χ1v) is 9.98. The summed E-state index contributed by atoms with van der Waals surface area (Å²) in [5, 5.41) is 7.65. The molecule has 0 spiro atoms. The summed E-state index contributed by atoms with van der Waals surface area (Å²) in [4.78, 5) is 12.2. The maximum Gasteiger partial charge on any atom is 0.190 e. The van der Waals surface area contributed by atoms with Gasteiger partial charge in [-0.1, -0.05) is 72.1 Å². The summed E-state index contributed by atoms with van der Waals surface area (Å²) in [5.41, 5.74) is 1.98. The van der Waals surface area contributed by atoms with E-state index in [1.807, 2.05) is 24.3 Å². The van der Waals surface area contributed by atoms with E-state index in [1.54, 1.807) is 6.92 Å². The molecule has 5 aromatic rings. The summed E-state index contributed by atoms with van der Waals surface area (Å²) in [6.07, 6.45) is 0. The van der Waals surface area contributed by atoms with Crippen LogP contribution in [-0.4, -0.2) is 5.12 Å². The van der Waals surface area contributed by atoms with Crippen LogP contribution in [0, 0.1) is 11.8 Å². The summed E-state index contributed by atoms with van der Waals surface area (Å²) >= 11 is 1.24. The Morgan fingerprint density at radius 1 is 0.714 bits per heavy atom. The lowest BCUT2D eigenvalue weighted by Crippen LogP contribution is -1.87. The fourth-order valence-corrected chi connectivity index (χ4v) is 4.36. The lowest BCUT2D eigenvalue weighted by atomic mass is 9.92. The molecule has 0 amide bonds. The zero-order valence-electron chi connectivity index (χ0n) is 15.3. The quantitative estimate of drug-likeness (QED) is 0.186. The number of rotatable bonds is 1. The van der Waals surface area contributed by atoms with Crippen LogP contribution >= 0.6 is 11.8 Å². The molecule has 132 valence electrons. The molecule has 0 aliphatic rings. The highest BCUT2D eigenvalue weighted by Gasteiger charge is 2.09. The van der Waals surface area contributed by atoms with Gasteiger partial charge in [-0.15, -0.1) is 0 Å². The van der Waals surface area contributed by atoms with Crippen LogP contribution in [0.1, 0.15) is 18.1 Å². The summed E-state index contributed by atoms with van der Waals surface area (Å²) in [6, 6.07) is 27.3. The minimum atomic E-state index is 0.0903. The molecule has 0 radical (unpaired) electrons. The lowest BCUT2D eigenvalue weighted by Gasteiger charge is -2.11. The van der Waals surface area contributed by atoms with E-state index in [-0.39, 0.29) is 5.12 Å². The first-order chi connectivity index (χ1) is 13.7. The Bertz CT molecular complexity index is 1390. The normalized spacial score (nSPS) is 11.0. The fourth-order valence-electron chi connectivity index (χ4n) is 3.76. The SMILES string of the molecule is CC(=O)Sc1ccc(C#Cc2ccc3ccc4cccc5ccc2c3c45)cc1. The zero-order valence-corrected chi connectivity index (χ0v) is 16.1. The summed E-state index contributed by atoms with van der Waals surface area (Å²) < 4.78 is 0. The monoisotopic (exact) mass is 376 g/mol. The van der Waals surface area contributed by atoms with Crippen molar-refractivity contribution in [2.45, 2.75) is 11.8 Å². The first kappa shape index (κ1) is 16.9. The molecule has 0 unspecified atom stereocenters. The largest absolute Gasteiger partial charge is 0.287 e. The van der Waals surface area contributed by atoms with Crippen LogP contribution in [-0.2, 0) is 4.79 Å². The first-order valence-electron chi connectivity index (χ1n) is 9.16. The van der Waals surface area contributed by atoms with Crippen molar-refractivity contribution in [3.8, 4) is 11.8 Å². The van der Waals surface area contributed by atoms with Gasteiger partial charge in [0.2, 0.25) is 0 Å². The number of hydrogen-bond acceptors (Lipinski definition) is 2. The van der Waals surface area contributed by atoms with Crippen LogP contribution in [0.4, 0.5) is 0 Å². The highest BCUT2D eigenvalue weighted by molar-refractivity contribution is 8.13. The predicted octanol–water partition coefficient (Wildman–Crippen LogP) is 6.62. The third-order valence-electron chi connectivity index (χ3n) is 4.99. The van der Waals surface area contributed by atoms with E-state index >= 15 is 0 Å². The van der Waals surface area contributed by atoms with Gasteiger partial charge in [-0.05, 0) is 62.6 Å². The van der Waals surface area contributed by atoms with Crippen LogP contribution in [0.25, 0.3) is 32.3 Å². The Morgan fingerprint density at radius 2 is 1.36 bits per heavy atom. The smallest absolute Gasteiger partial charge is 0.190 e. The summed E-state index contributed by atoms with van der Waals surface area (Å²) in [5.74, 6) is 6.62. The van der Waals surface area contributed by atoms with E-state index in [1.165, 1.54) is 44.1 Å². The summed E-state index contributed by atoms with van der Waals surface area (Å²) in [6.45, 7) is 1.58. The van der Waals surface area contributed by atoms with Gasteiger partial charge in [0, 0.05) is 22.9 Å². The molecular weight excluding hydrogens is 360 g/mol. The molecule has 0 aromatic heterocycles. The van der Waals surface area contributed by atoms with Crippen LogP contribution in [0.3, 0.4) is 0 Å². The molecule has 0 atom stereocenters. The van der Waals surface area contributed by atoms with E-state index in [0.717, 1.165) is 16.0 Å². The second-order valence-electron chi connectivity index (χ2n) is 6.84. The molecule has 0 heterocycles. The van der Waals surface area contributed by atoms with Gasteiger partial charge in [0.15, 0.2) is 5.12 Å². The highest BCUT2D eigenvalue weighted by atomic mass is 32.2. The van der Waals surface area contributed by atoms with Crippen LogP contribution < -0.4 is 0 Å². The van der Waals surface area contributed by atoms with Crippen molar-refractivity contribution in [2.24, 2.45) is 0 Å². The maximum absolute atomic E-state index is 11.2. The van der Waals surface area contributed by atoms with Crippen molar-refractivity contribution in [1.82, 2.24) is 0 Å². The van der Waals surface area contributed by atoms with E-state index in [0.29, 0.717) is 0 Å². The van der Waals surface area contributed by atoms with Gasteiger partial charge in [-0.25, -0.2) is 0 Å². The Labute approximate surface area is 167 Å². The fraction of sp³-hybridized carbons (Fsp3) is 0.0385. The molecule has 5 rings (SSSR count). The van der Waals surface area contributed by atoms with Crippen molar-refractivity contribution in [3.63, 3.8) is 0 Å². The van der Waals surface area contributed by atoms with Gasteiger partial charge in [0.05, 0.1) is 0 Å². The van der Waals surface area contributed by atoms with Gasteiger partial charge in [0.25, 0.3) is 0 Å². The topological polar surface area (TPSA) is 17.1 Å². The van der Waals surface area contributed by atoms with Crippen molar-refractivity contribution >= 4 is 49.2 Å². The highest BCUT2D eigenvalue weighted by Crippen LogP contribution is 2.35. The van der Waals surface area contributed by atoms with Gasteiger partial charge in [-0.2, -0.15) is 0 Å². The zero-order chi connectivity index (χ0) is 19.1. The molecule has 0 saturated carbocycles. The molecule has 2 heteroatoms. The minimum absolute atomic E-state index is 0.0903. The molecule has 0 fully saturated rings. The van der Waals surface area contributed by atoms with Crippen molar-refractivity contribution in [2.75, 3.05) is 0 Å². The second kappa shape index (κ2) is 6.71. The number of hydrogen-bond donors (Lipinski definition) is 0. The molecular formula is C26H16OS. The Balaban J connectivity index is 1.62. The molecule has 0 bridgehead atoms. The van der Waals surface area contributed by atoms with E-state index < -0.39 is 0 Å². The number of thioether (sulfide) groups is 1. The van der Waals surface area contributed by atoms with Crippen molar-refractivity contribution in [1.29, 1.82) is 0 Å². The number of carbonyl (C=O) groups excluding carboxylic acids is 1. The lowest BCUT2D eigenvalue weighted by molar-refractivity contribution is -0.109. The molecule has 0 aliphatic carbocycles. The number of benzene rings is 5. The van der Waals surface area contributed by atoms with Gasteiger partial charge in [-0.3, -0.25) is 4.79 Å².